The van der Waals surface area contributed by atoms with Gasteiger partial charge in [-0.1, -0.05) is 292 Å². The first-order chi connectivity index (χ1) is 69.3. The molecule has 0 N–H and O–H groups in total. The van der Waals surface area contributed by atoms with Crippen LogP contribution in [0, 0.1) is 102 Å². The predicted octanol–water partition coefficient (Wildman–Crippen LogP) is 29.5. The molecule has 7 aromatic heterocycles. The number of thiazole rings is 1. The lowest BCUT2D eigenvalue weighted by molar-refractivity contribution is -0.523. The van der Waals surface area contributed by atoms with Crippen molar-refractivity contribution < 1.29 is 55.4 Å². The molecule has 3 unspecified atom stereocenters. The Morgan fingerprint density at radius 1 is 0.483 bits per heavy atom. The average molecular weight is 2070 g/mol. The van der Waals surface area contributed by atoms with Gasteiger partial charge >= 0.3 is 11.7 Å². The number of nitrogens with zero attached hydrogens (tertiary/aromatic N) is 11. The standard InChI is InChI=1S/C14H17F3.C13H17N2.C12H15ClO.C12H20N2.2C11H16N2O.C11H18N2.C11H20O.C10H14O2.C9H13NOS.C9H16O/c1-10(2)11(3)8-9-12-6-4-5-7-13(12)14(15,16)17;1-10(2)11(3)8-12-9-15-7-5-4-6-13(15)14-12;1-9(2)12(14)8-5-10-3-6-11(13)7-4-10;1-9(2)10(3)6-7-12-8-11(4)13-14(12)5;2*1-7(2)11(14)9-6-8(9)10-4-5-12-13(10)3;1-10(2)11(3)6-4-8-13-9-5-7-12-13;1-9(2)11(12)8-7-10-5-3-4-6-10;1-8(2)10(11)6-5-9-4-3-7-12-9;1-7(2)8(11)3-4-9-10-5-6-12-9;1-7(2)9(10)6-5-8-3-4-8/h4-7,10H,3,8-9H2,1-2H3;4-7,9-10,12H,3,8H2,1-2H3;3-4,6-7,9H,5,8H2,1-2H3;8-9H,3,6-7H2,1-2,4-5H3;2*4-5,7-9H,6H2,1-3H3;5,7,9-10H,3-4,6,8H2,1-2H3;9-10H,3-8H2,1-2H3;3-4,7-8H,5-6H2,1-2H3;5-7H,3-4H2,1-2H3;7-8H,3-6H2,1-2H3/q;+1;;;;;;;;;/t;;;;2*8?,9-;;;;;/m....10...../s1. The number of furan rings is 1. The van der Waals surface area contributed by atoms with Crippen LogP contribution < -0.4 is 9.73 Å². The second-order valence-corrected chi connectivity index (χ2v) is 44.8. The minimum absolute atomic E-state index is 0.139. The van der Waals surface area contributed by atoms with E-state index in [9.17, 15) is 46.7 Å². The van der Waals surface area contributed by atoms with E-state index in [0.29, 0.717) is 114 Å². The normalized spacial score (nSPS) is 15.6. The van der Waals surface area contributed by atoms with Gasteiger partial charge in [-0.05, 0) is 185 Å². The first-order valence-electron chi connectivity index (χ1n) is 54.0. The van der Waals surface area contributed by atoms with E-state index in [1.165, 1.54) is 90.0 Å². The van der Waals surface area contributed by atoms with Crippen LogP contribution in [0.2, 0.25) is 5.02 Å². The number of fused-ring (bicyclic) bond motifs is 1. The number of aromatic nitrogens is 10. The summed E-state index contributed by atoms with van der Waals surface area (Å²) in [6.45, 7) is 63.7. The highest BCUT2D eigenvalue weighted by molar-refractivity contribution is 7.09. The highest BCUT2D eigenvalue weighted by Gasteiger charge is 2.47. The maximum absolute atomic E-state index is 12.7. The highest BCUT2D eigenvalue weighted by atomic mass is 35.5. The molecule has 1 aliphatic heterocycles. The number of pyridine rings is 1. The summed E-state index contributed by atoms with van der Waals surface area (Å²) in [4.78, 5) is 88.3. The Hall–Kier alpha value is -10.3. The summed E-state index contributed by atoms with van der Waals surface area (Å²) in [5.74, 6) is 9.97. The number of ketones is 7. The first kappa shape index (κ1) is 129. The van der Waals surface area contributed by atoms with Gasteiger partial charge in [-0.2, -0.15) is 33.6 Å². The van der Waals surface area contributed by atoms with Crippen molar-refractivity contribution in [1.82, 2.24) is 44.1 Å². The summed E-state index contributed by atoms with van der Waals surface area (Å²) in [7, 11) is 5.87. The maximum Gasteiger partial charge on any atom is 0.416 e. The number of carbonyl (C=O) groups excluding carboxylic acids is 7. The molecular formula is C123H182ClF3N11O8S+. The fraction of sp³-hybridized carbons (Fsp3) is 0.577. The molecule has 0 radical (unpaired) electrons. The number of Topliss-reactive ketones (excluding diaryl/α,β-unsaturated/α-hetero) is 7. The summed E-state index contributed by atoms with van der Waals surface area (Å²) in [6, 6.07) is 31.6. The fourth-order valence-corrected chi connectivity index (χ4v) is 16.8. The second-order valence-electron chi connectivity index (χ2n) is 43.4. The average Bonchev–Trinajstić information content (AvgIpc) is 1.63. The van der Waals surface area contributed by atoms with Crippen molar-refractivity contribution in [3.63, 3.8) is 0 Å². The molecule has 147 heavy (non-hydrogen) atoms. The van der Waals surface area contributed by atoms with Gasteiger partial charge in [0.25, 0.3) is 0 Å². The third kappa shape index (κ3) is 52.2. The summed E-state index contributed by atoms with van der Waals surface area (Å²) in [6.07, 6.45) is 35.5. The topological polar surface area (TPSA) is 235 Å². The van der Waals surface area contributed by atoms with Crippen molar-refractivity contribution in [3.05, 3.63) is 268 Å². The highest BCUT2D eigenvalue weighted by Crippen LogP contribution is 2.50. The zero-order chi connectivity index (χ0) is 110. The third-order valence-electron chi connectivity index (χ3n) is 27.3. The smallest absolute Gasteiger partial charge is 0.416 e. The zero-order valence-electron chi connectivity index (χ0n) is 94.2. The summed E-state index contributed by atoms with van der Waals surface area (Å²) >= 11 is 7.37. The van der Waals surface area contributed by atoms with Gasteiger partial charge in [0.05, 0.1) is 28.7 Å². The van der Waals surface area contributed by atoms with Crippen molar-refractivity contribution in [2.75, 3.05) is 0 Å². The lowest BCUT2D eigenvalue weighted by Crippen LogP contribution is -2.32. The molecule has 9 aromatic rings. The maximum atomic E-state index is 12.7. The Morgan fingerprint density at radius 2 is 0.959 bits per heavy atom. The van der Waals surface area contributed by atoms with Crippen LogP contribution in [0.15, 0.2) is 210 Å². The minimum atomic E-state index is -4.27. The fourth-order valence-electron chi connectivity index (χ4n) is 16.0. The molecule has 0 spiro atoms. The zero-order valence-corrected chi connectivity index (χ0v) is 95.8. The van der Waals surface area contributed by atoms with E-state index in [2.05, 4.69) is 115 Å². The van der Waals surface area contributed by atoms with E-state index in [-0.39, 0.29) is 59.3 Å². The molecule has 5 atom stereocenters. The molecule has 4 fully saturated rings. The van der Waals surface area contributed by atoms with E-state index < -0.39 is 11.7 Å². The Bertz CT molecular complexity index is 5370. The van der Waals surface area contributed by atoms with Gasteiger partial charge in [0, 0.05) is 209 Å². The molecular weight excluding hydrogens is 1880 g/mol. The van der Waals surface area contributed by atoms with Gasteiger partial charge in [0.2, 0.25) is 0 Å². The van der Waals surface area contributed by atoms with E-state index in [0.717, 1.165) is 147 Å². The van der Waals surface area contributed by atoms with Gasteiger partial charge < -0.3 is 4.42 Å². The number of allylic oxidation sites excluding steroid dienone is 3. The Labute approximate surface area is 890 Å². The number of hydrogen-bond acceptors (Lipinski definition) is 15. The summed E-state index contributed by atoms with van der Waals surface area (Å²) in [5, 5.41) is 20.4. The van der Waals surface area contributed by atoms with E-state index in [4.69, 9.17) is 16.0 Å². The summed E-state index contributed by atoms with van der Waals surface area (Å²) in [5.41, 5.74) is 11.7. The number of alkyl halides is 3. The van der Waals surface area contributed by atoms with E-state index in [1.807, 2.05) is 254 Å². The number of rotatable bonds is 42. The molecule has 19 nitrogen and oxygen atoms in total. The molecule has 2 aromatic carbocycles. The van der Waals surface area contributed by atoms with Crippen molar-refractivity contribution in [2.45, 2.75) is 350 Å². The van der Waals surface area contributed by atoms with Crippen LogP contribution in [0.5, 0.6) is 0 Å². The minimum Gasteiger partial charge on any atom is -0.469 e. The molecule has 0 bridgehead atoms. The molecule has 0 amide bonds. The van der Waals surface area contributed by atoms with Gasteiger partial charge in [-0.25, -0.2) is 9.23 Å². The monoisotopic (exact) mass is 2070 g/mol. The van der Waals surface area contributed by atoms with Crippen LogP contribution >= 0.6 is 22.9 Å². The SMILES string of the molecule is C=C(CC1C=[n+]2ccccc2=N1)C(C)C.C=C(CCCn1cccn1)C(C)C.C=C(CCc1cc(C)nn1C)C(C)C.C=C(CCc1ccccc1C(F)(F)F)C(C)C.CC(C)C(=O)CCC1CC1.CC(C)C(=O)CCC1CCCC1.CC(C)C(=O)CCc1ccc(Cl)cc1.CC(C)C(=O)CCc1ccco1.CC(C)C(=O)CCc1nccs1.CC(C)C(=O)[C@@H]1CC1c1ccnn1C.CC(C)C(=O)[C@H]1CC1c1ccnn1C. The van der Waals surface area contributed by atoms with Gasteiger partial charge in [0.1, 0.15) is 52.5 Å². The summed E-state index contributed by atoms with van der Waals surface area (Å²) < 4.78 is 53.0. The van der Waals surface area contributed by atoms with Crippen LogP contribution in [-0.4, -0.2) is 90.6 Å². The number of benzene rings is 2. The molecule has 4 aliphatic carbocycles. The van der Waals surface area contributed by atoms with Crippen LogP contribution in [0.1, 0.15) is 343 Å². The van der Waals surface area contributed by atoms with Crippen molar-refractivity contribution in [3.8, 4) is 0 Å². The van der Waals surface area contributed by atoms with Crippen LogP contribution in [-0.2, 0) is 99.5 Å². The first-order valence-corrected chi connectivity index (χ1v) is 55.3. The lowest BCUT2D eigenvalue weighted by atomic mass is 9.95. The largest absolute Gasteiger partial charge is 0.469 e. The van der Waals surface area contributed by atoms with Gasteiger partial charge in [-0.3, -0.25) is 52.3 Å². The molecule has 4 saturated carbocycles. The Kier molecular flexibility index (Phi) is 59.5. The quantitative estimate of drug-likeness (QED) is 0.0256. The third-order valence-corrected chi connectivity index (χ3v) is 28.4. The second kappa shape index (κ2) is 67.7. The number of carbonyl (C=O) groups is 7. The molecule has 5 aliphatic rings. The van der Waals surface area contributed by atoms with Gasteiger partial charge in [-0.15, -0.1) is 11.3 Å². The number of hydrogen-bond donors (Lipinski definition) is 0. The van der Waals surface area contributed by atoms with Crippen molar-refractivity contribution in [1.29, 1.82) is 0 Å². The van der Waals surface area contributed by atoms with Gasteiger partial charge in [0.15, 0.2) is 6.04 Å². The van der Waals surface area contributed by atoms with Crippen molar-refractivity contribution >= 4 is 63.4 Å². The lowest BCUT2D eigenvalue weighted by Gasteiger charge is -2.14. The Morgan fingerprint density at radius 3 is 1.38 bits per heavy atom. The molecule has 14 rings (SSSR count). The number of aryl methyl sites for hydroxylation is 10. The van der Waals surface area contributed by atoms with Crippen LogP contribution in [0.25, 0.3) is 0 Å². The van der Waals surface area contributed by atoms with E-state index in [1.54, 1.807) is 42.3 Å². The predicted molar refractivity (Wildman–Crippen MR) is 597 cm³/mol. The number of halogens is 4. The van der Waals surface area contributed by atoms with Crippen LogP contribution in [0.3, 0.4) is 0 Å². The van der Waals surface area contributed by atoms with Crippen molar-refractivity contribution in [2.24, 2.45) is 115 Å². The molecule has 0 saturated heterocycles. The molecule has 8 heterocycles. The Balaban J connectivity index is 0.000000337. The molecule has 810 valence electrons. The van der Waals surface area contributed by atoms with Crippen LogP contribution in [0.4, 0.5) is 13.2 Å². The van der Waals surface area contributed by atoms with E-state index >= 15 is 0 Å². The molecule has 24 heteroatoms.